The summed E-state index contributed by atoms with van der Waals surface area (Å²) in [5.74, 6) is 0.615. The number of piperidine rings is 1. The van der Waals surface area contributed by atoms with E-state index in [1.165, 1.54) is 6.42 Å². The maximum absolute atomic E-state index is 12.2. The van der Waals surface area contributed by atoms with Crippen molar-refractivity contribution in [3.63, 3.8) is 0 Å². The normalized spacial score (nSPS) is 17.6. The summed E-state index contributed by atoms with van der Waals surface area (Å²) in [5, 5.41) is 2.70. The summed E-state index contributed by atoms with van der Waals surface area (Å²) in [6, 6.07) is 9.71. The van der Waals surface area contributed by atoms with Crippen molar-refractivity contribution in [3.05, 3.63) is 30.3 Å². The monoisotopic (exact) mass is 318 g/mol. The molecule has 2 rings (SSSR count). The van der Waals surface area contributed by atoms with Crippen LogP contribution in [0, 0.1) is 0 Å². The van der Waals surface area contributed by atoms with Gasteiger partial charge in [-0.25, -0.2) is 0 Å². The van der Waals surface area contributed by atoms with E-state index in [2.05, 4.69) is 12.2 Å². The van der Waals surface area contributed by atoms with Gasteiger partial charge in [-0.15, -0.1) is 0 Å². The molecule has 5 nitrogen and oxygen atoms in total. The van der Waals surface area contributed by atoms with Gasteiger partial charge in [0.1, 0.15) is 5.75 Å². The second kappa shape index (κ2) is 9.18. The molecule has 1 aromatic carbocycles. The van der Waals surface area contributed by atoms with Gasteiger partial charge in [0.05, 0.1) is 19.6 Å². The van der Waals surface area contributed by atoms with Crippen molar-refractivity contribution in [1.29, 1.82) is 0 Å². The fourth-order valence-electron chi connectivity index (χ4n) is 2.90. The number of amides is 2. The molecule has 5 heteroatoms. The van der Waals surface area contributed by atoms with E-state index in [-0.39, 0.29) is 24.8 Å². The van der Waals surface area contributed by atoms with Crippen molar-refractivity contribution in [2.75, 3.05) is 19.7 Å². The minimum absolute atomic E-state index is 0.0221. The first kappa shape index (κ1) is 17.3. The van der Waals surface area contributed by atoms with Gasteiger partial charge in [-0.1, -0.05) is 25.1 Å². The number of hydrogen-bond acceptors (Lipinski definition) is 3. The Balaban J connectivity index is 1.66. The Hall–Kier alpha value is -2.04. The molecule has 2 amide bonds. The third kappa shape index (κ3) is 5.58. The number of hydrogen-bond donors (Lipinski definition) is 1. The molecule has 0 radical (unpaired) electrons. The van der Waals surface area contributed by atoms with Crippen LogP contribution >= 0.6 is 0 Å². The summed E-state index contributed by atoms with van der Waals surface area (Å²) in [5.41, 5.74) is 0. The number of rotatable bonds is 7. The summed E-state index contributed by atoms with van der Waals surface area (Å²) < 4.78 is 5.48. The lowest BCUT2D eigenvalue weighted by molar-refractivity contribution is -0.136. The van der Waals surface area contributed by atoms with E-state index in [1.807, 2.05) is 35.2 Å². The van der Waals surface area contributed by atoms with Gasteiger partial charge in [0.15, 0.2) is 0 Å². The molecule has 1 atom stereocenters. The van der Waals surface area contributed by atoms with Gasteiger partial charge in [0.2, 0.25) is 11.8 Å². The number of carbonyl (C=O) groups excluding carboxylic acids is 2. The number of benzene rings is 1. The molecule has 0 bridgehead atoms. The van der Waals surface area contributed by atoms with E-state index in [0.717, 1.165) is 31.6 Å². The number of carbonyl (C=O) groups is 2. The summed E-state index contributed by atoms with van der Waals surface area (Å²) in [6.45, 7) is 3.31. The Morgan fingerprint density at radius 1 is 1.26 bits per heavy atom. The molecule has 0 aliphatic carbocycles. The van der Waals surface area contributed by atoms with Gasteiger partial charge in [0, 0.05) is 12.6 Å². The lowest BCUT2D eigenvalue weighted by Crippen LogP contribution is -2.47. The fourth-order valence-corrected chi connectivity index (χ4v) is 2.90. The van der Waals surface area contributed by atoms with Crippen LogP contribution in [0.25, 0.3) is 0 Å². The molecule has 126 valence electrons. The lowest BCUT2D eigenvalue weighted by atomic mass is 10.00. The number of nitrogens with one attached hydrogen (secondary N) is 1. The lowest BCUT2D eigenvalue weighted by Gasteiger charge is -2.35. The van der Waals surface area contributed by atoms with Crippen LogP contribution in [0.5, 0.6) is 5.75 Å². The molecule has 1 N–H and O–H groups in total. The van der Waals surface area contributed by atoms with Gasteiger partial charge in [0.25, 0.3) is 0 Å². The summed E-state index contributed by atoms with van der Waals surface area (Å²) in [7, 11) is 0. The highest BCUT2D eigenvalue weighted by Crippen LogP contribution is 2.19. The topological polar surface area (TPSA) is 58.6 Å². The Morgan fingerprint density at radius 3 is 2.78 bits per heavy atom. The Morgan fingerprint density at radius 2 is 2.04 bits per heavy atom. The largest absolute Gasteiger partial charge is 0.493 e. The standard InChI is InChI=1S/C18H26N2O3/c1-2-15-8-6-7-12-20(15)18(22)14-19-17(21)11-13-23-16-9-4-3-5-10-16/h3-5,9-10,15H,2,6-8,11-14H2,1H3,(H,19,21). The van der Waals surface area contributed by atoms with Crippen molar-refractivity contribution in [2.45, 2.75) is 45.1 Å². The van der Waals surface area contributed by atoms with Crippen LogP contribution in [-0.2, 0) is 9.59 Å². The number of ether oxygens (including phenoxy) is 1. The zero-order valence-corrected chi connectivity index (χ0v) is 13.8. The minimum atomic E-state index is -0.153. The number of likely N-dealkylation sites (tertiary alicyclic amines) is 1. The molecule has 1 unspecified atom stereocenters. The van der Waals surface area contributed by atoms with Crippen molar-refractivity contribution >= 4 is 11.8 Å². The van der Waals surface area contributed by atoms with E-state index in [4.69, 9.17) is 4.74 Å². The van der Waals surface area contributed by atoms with Crippen molar-refractivity contribution in [2.24, 2.45) is 0 Å². The molecule has 23 heavy (non-hydrogen) atoms. The highest BCUT2D eigenvalue weighted by atomic mass is 16.5. The van der Waals surface area contributed by atoms with Crippen LogP contribution in [-0.4, -0.2) is 42.5 Å². The quantitative estimate of drug-likeness (QED) is 0.839. The predicted molar refractivity (Wildman–Crippen MR) is 89.2 cm³/mol. The molecule has 0 spiro atoms. The number of nitrogens with zero attached hydrogens (tertiary/aromatic N) is 1. The second-order valence-corrected chi connectivity index (χ2v) is 5.83. The van der Waals surface area contributed by atoms with Gasteiger partial charge in [-0.05, 0) is 37.8 Å². The maximum Gasteiger partial charge on any atom is 0.242 e. The highest BCUT2D eigenvalue weighted by molar-refractivity contribution is 5.85. The third-order valence-electron chi connectivity index (χ3n) is 4.20. The van der Waals surface area contributed by atoms with E-state index in [9.17, 15) is 9.59 Å². The summed E-state index contributed by atoms with van der Waals surface area (Å²) in [6.07, 6.45) is 4.54. The Labute approximate surface area is 138 Å². The second-order valence-electron chi connectivity index (χ2n) is 5.83. The van der Waals surface area contributed by atoms with Gasteiger partial charge < -0.3 is 15.0 Å². The fraction of sp³-hybridized carbons (Fsp3) is 0.556. The van der Waals surface area contributed by atoms with Gasteiger partial charge in [-0.2, -0.15) is 0 Å². The maximum atomic E-state index is 12.2. The molecular weight excluding hydrogens is 292 g/mol. The van der Waals surface area contributed by atoms with E-state index >= 15 is 0 Å². The zero-order chi connectivity index (χ0) is 16.5. The molecule has 1 fully saturated rings. The van der Waals surface area contributed by atoms with Crippen molar-refractivity contribution in [3.8, 4) is 5.75 Å². The van der Waals surface area contributed by atoms with E-state index < -0.39 is 0 Å². The van der Waals surface area contributed by atoms with Crippen LogP contribution in [0.1, 0.15) is 39.0 Å². The molecule has 1 aromatic rings. The van der Waals surface area contributed by atoms with Crippen LogP contribution in [0.3, 0.4) is 0 Å². The van der Waals surface area contributed by atoms with Gasteiger partial charge >= 0.3 is 0 Å². The van der Waals surface area contributed by atoms with Crippen molar-refractivity contribution < 1.29 is 14.3 Å². The molecule has 1 saturated heterocycles. The molecule has 1 aliphatic rings. The smallest absolute Gasteiger partial charge is 0.242 e. The average Bonchev–Trinajstić information content (AvgIpc) is 2.60. The molecule has 0 saturated carbocycles. The first-order valence-corrected chi connectivity index (χ1v) is 8.44. The SMILES string of the molecule is CCC1CCCCN1C(=O)CNC(=O)CCOc1ccccc1. The molecule has 1 aliphatic heterocycles. The van der Waals surface area contributed by atoms with E-state index in [1.54, 1.807) is 0 Å². The highest BCUT2D eigenvalue weighted by Gasteiger charge is 2.25. The first-order chi connectivity index (χ1) is 11.2. The van der Waals surface area contributed by atoms with Crippen molar-refractivity contribution in [1.82, 2.24) is 10.2 Å². The van der Waals surface area contributed by atoms with Crippen LogP contribution in [0.2, 0.25) is 0 Å². The van der Waals surface area contributed by atoms with Gasteiger partial charge in [-0.3, -0.25) is 9.59 Å². The zero-order valence-electron chi connectivity index (χ0n) is 13.8. The summed E-state index contributed by atoms with van der Waals surface area (Å²) in [4.78, 5) is 26.0. The summed E-state index contributed by atoms with van der Waals surface area (Å²) >= 11 is 0. The Bertz CT molecular complexity index is 504. The van der Waals surface area contributed by atoms with Crippen LogP contribution < -0.4 is 10.1 Å². The molecular formula is C18H26N2O3. The molecule has 1 heterocycles. The van der Waals surface area contributed by atoms with E-state index in [0.29, 0.717) is 12.6 Å². The predicted octanol–water partition coefficient (Wildman–Crippen LogP) is 2.36. The average molecular weight is 318 g/mol. The minimum Gasteiger partial charge on any atom is -0.493 e. The van der Waals surface area contributed by atoms with Crippen LogP contribution in [0.15, 0.2) is 30.3 Å². The molecule has 0 aromatic heterocycles. The first-order valence-electron chi connectivity index (χ1n) is 8.44. The number of para-hydroxylation sites is 1. The third-order valence-corrected chi connectivity index (χ3v) is 4.20. The van der Waals surface area contributed by atoms with Crippen LogP contribution in [0.4, 0.5) is 0 Å². The Kier molecular flexibility index (Phi) is 6.91.